The van der Waals surface area contributed by atoms with Crippen molar-refractivity contribution in [2.45, 2.75) is 33.1 Å². The molecule has 2 N–H and O–H groups in total. The number of anilines is 1. The number of rotatable bonds is 7. The highest BCUT2D eigenvalue weighted by Crippen LogP contribution is 2.20. The van der Waals surface area contributed by atoms with Crippen molar-refractivity contribution in [1.29, 1.82) is 0 Å². The summed E-state index contributed by atoms with van der Waals surface area (Å²) in [6, 6.07) is 5.17. The van der Waals surface area contributed by atoms with E-state index < -0.39 is 0 Å². The molecule has 0 aromatic heterocycles. The van der Waals surface area contributed by atoms with Crippen LogP contribution in [0.5, 0.6) is 0 Å². The first-order valence-electron chi connectivity index (χ1n) is 7.01. The van der Waals surface area contributed by atoms with Crippen LogP contribution in [-0.4, -0.2) is 35.7 Å². The molecule has 0 atom stereocenters. The Labute approximate surface area is 125 Å². The van der Waals surface area contributed by atoms with Crippen LogP contribution < -0.4 is 5.32 Å². The number of aliphatic hydroxyl groups is 1. The van der Waals surface area contributed by atoms with Gasteiger partial charge in [-0.2, -0.15) is 0 Å². The minimum absolute atomic E-state index is 0.0286. The molecule has 1 aromatic rings. The van der Waals surface area contributed by atoms with Gasteiger partial charge in [-0.25, -0.2) is 4.79 Å². The second kappa shape index (κ2) is 8.82. The van der Waals surface area contributed by atoms with Crippen molar-refractivity contribution in [3.63, 3.8) is 0 Å². The Morgan fingerprint density at radius 3 is 2.70 bits per heavy atom. The van der Waals surface area contributed by atoms with Crippen LogP contribution in [0.3, 0.4) is 0 Å². The van der Waals surface area contributed by atoms with Crippen LogP contribution in [0.15, 0.2) is 18.2 Å². The summed E-state index contributed by atoms with van der Waals surface area (Å²) in [7, 11) is 0. The number of urea groups is 1. The molecule has 5 heteroatoms. The van der Waals surface area contributed by atoms with Gasteiger partial charge in [0.05, 0.1) is 6.61 Å². The Morgan fingerprint density at radius 1 is 1.35 bits per heavy atom. The molecule has 4 nitrogen and oxygen atoms in total. The minimum atomic E-state index is -0.180. The summed E-state index contributed by atoms with van der Waals surface area (Å²) in [4.78, 5) is 13.8. The van der Waals surface area contributed by atoms with Crippen molar-refractivity contribution < 1.29 is 9.90 Å². The Morgan fingerprint density at radius 2 is 2.10 bits per heavy atom. The van der Waals surface area contributed by atoms with Crippen LogP contribution in [0.25, 0.3) is 0 Å². The number of carbonyl (C=O) groups is 1. The Kier molecular flexibility index (Phi) is 7.41. The smallest absolute Gasteiger partial charge is 0.321 e. The molecule has 0 fully saturated rings. The number of halogens is 1. The highest BCUT2D eigenvalue weighted by Gasteiger charge is 2.13. The van der Waals surface area contributed by atoms with Crippen LogP contribution >= 0.6 is 11.6 Å². The van der Waals surface area contributed by atoms with Gasteiger partial charge in [0.2, 0.25) is 0 Å². The van der Waals surface area contributed by atoms with E-state index >= 15 is 0 Å². The standard InChI is InChI=1S/C15H23ClN2O2/c1-3-4-5-8-18(9-10-19)15(20)17-14-7-6-13(16)11-12(14)2/h6-7,11,19H,3-5,8-10H2,1-2H3,(H,17,20). The number of benzene rings is 1. The number of nitrogens with zero attached hydrogens (tertiary/aromatic N) is 1. The average Bonchev–Trinajstić information content (AvgIpc) is 2.41. The number of carbonyl (C=O) groups excluding carboxylic acids is 1. The van der Waals surface area contributed by atoms with Gasteiger partial charge in [0.1, 0.15) is 0 Å². The van der Waals surface area contributed by atoms with Gasteiger partial charge >= 0.3 is 6.03 Å². The summed E-state index contributed by atoms with van der Waals surface area (Å²) in [5.74, 6) is 0. The van der Waals surface area contributed by atoms with E-state index in [9.17, 15) is 4.79 Å². The maximum Gasteiger partial charge on any atom is 0.321 e. The van der Waals surface area contributed by atoms with Gasteiger partial charge in [-0.1, -0.05) is 31.4 Å². The van der Waals surface area contributed by atoms with E-state index in [1.807, 2.05) is 13.0 Å². The van der Waals surface area contributed by atoms with E-state index in [1.165, 1.54) is 0 Å². The van der Waals surface area contributed by atoms with E-state index in [0.717, 1.165) is 30.5 Å². The second-order valence-corrected chi connectivity index (χ2v) is 5.24. The molecule has 0 bridgehead atoms. The molecule has 0 saturated heterocycles. The van der Waals surface area contributed by atoms with Gasteiger partial charge in [-0.3, -0.25) is 0 Å². The molecule has 1 rings (SSSR count). The lowest BCUT2D eigenvalue weighted by molar-refractivity contribution is 0.187. The predicted octanol–water partition coefficient (Wildman–Crippen LogP) is 3.66. The first kappa shape index (κ1) is 16.8. The van der Waals surface area contributed by atoms with Gasteiger partial charge in [0, 0.05) is 23.8 Å². The second-order valence-electron chi connectivity index (χ2n) is 4.81. The molecule has 112 valence electrons. The molecular weight excluding hydrogens is 276 g/mol. The number of aliphatic hydroxyl groups excluding tert-OH is 1. The fraction of sp³-hybridized carbons (Fsp3) is 0.533. The molecular formula is C15H23ClN2O2. The van der Waals surface area contributed by atoms with E-state index in [1.54, 1.807) is 17.0 Å². The zero-order valence-corrected chi connectivity index (χ0v) is 12.9. The lowest BCUT2D eigenvalue weighted by Crippen LogP contribution is -2.37. The third-order valence-electron chi connectivity index (χ3n) is 3.12. The molecule has 0 heterocycles. The van der Waals surface area contributed by atoms with Crippen molar-refractivity contribution in [3.8, 4) is 0 Å². The first-order chi connectivity index (χ1) is 9.58. The molecule has 20 heavy (non-hydrogen) atoms. The Balaban J connectivity index is 2.64. The van der Waals surface area contributed by atoms with E-state index in [-0.39, 0.29) is 12.6 Å². The Bertz CT molecular complexity index is 438. The molecule has 0 aliphatic rings. The molecule has 0 unspecified atom stereocenters. The SMILES string of the molecule is CCCCCN(CCO)C(=O)Nc1ccc(Cl)cc1C. The number of aryl methyl sites for hydroxylation is 1. The van der Waals surface area contributed by atoms with Crippen LogP contribution in [0.2, 0.25) is 5.02 Å². The third-order valence-corrected chi connectivity index (χ3v) is 3.35. The summed E-state index contributed by atoms with van der Waals surface area (Å²) in [6.07, 6.45) is 3.13. The summed E-state index contributed by atoms with van der Waals surface area (Å²) in [5, 5.41) is 12.6. The van der Waals surface area contributed by atoms with Crippen LogP contribution in [0, 0.1) is 6.92 Å². The number of nitrogens with one attached hydrogen (secondary N) is 1. The van der Waals surface area contributed by atoms with Crippen LogP contribution in [0.4, 0.5) is 10.5 Å². The highest BCUT2D eigenvalue weighted by atomic mass is 35.5. The van der Waals surface area contributed by atoms with Gasteiger partial charge in [0.15, 0.2) is 0 Å². The fourth-order valence-corrected chi connectivity index (χ4v) is 2.18. The van der Waals surface area contributed by atoms with E-state index in [2.05, 4.69) is 12.2 Å². The van der Waals surface area contributed by atoms with Gasteiger partial charge in [-0.05, 0) is 37.1 Å². The monoisotopic (exact) mass is 298 g/mol. The van der Waals surface area contributed by atoms with Crippen molar-refractivity contribution in [2.75, 3.05) is 25.0 Å². The fourth-order valence-electron chi connectivity index (χ4n) is 1.95. The molecule has 0 saturated carbocycles. The van der Waals surface area contributed by atoms with Crippen molar-refractivity contribution in [3.05, 3.63) is 28.8 Å². The zero-order chi connectivity index (χ0) is 15.0. The summed E-state index contributed by atoms with van der Waals surface area (Å²) < 4.78 is 0. The summed E-state index contributed by atoms with van der Waals surface area (Å²) in [6.45, 7) is 5.00. The van der Waals surface area contributed by atoms with Gasteiger partial charge < -0.3 is 15.3 Å². The van der Waals surface area contributed by atoms with E-state index in [4.69, 9.17) is 16.7 Å². The number of hydrogen-bond donors (Lipinski definition) is 2. The van der Waals surface area contributed by atoms with Crippen molar-refractivity contribution >= 4 is 23.3 Å². The summed E-state index contributed by atoms with van der Waals surface area (Å²) >= 11 is 5.89. The lowest BCUT2D eigenvalue weighted by atomic mass is 10.2. The molecule has 0 aliphatic carbocycles. The minimum Gasteiger partial charge on any atom is -0.395 e. The first-order valence-corrected chi connectivity index (χ1v) is 7.39. The van der Waals surface area contributed by atoms with Crippen LogP contribution in [0.1, 0.15) is 31.7 Å². The predicted molar refractivity (Wildman–Crippen MR) is 83.4 cm³/mol. The maximum absolute atomic E-state index is 12.2. The molecule has 1 aromatic carbocycles. The lowest BCUT2D eigenvalue weighted by Gasteiger charge is -2.22. The normalized spacial score (nSPS) is 10.4. The van der Waals surface area contributed by atoms with Crippen LogP contribution in [-0.2, 0) is 0 Å². The van der Waals surface area contributed by atoms with Crippen molar-refractivity contribution in [2.24, 2.45) is 0 Å². The topological polar surface area (TPSA) is 52.6 Å². The number of amides is 2. The average molecular weight is 299 g/mol. The maximum atomic E-state index is 12.2. The van der Waals surface area contributed by atoms with Gasteiger partial charge in [0.25, 0.3) is 0 Å². The number of hydrogen-bond acceptors (Lipinski definition) is 2. The molecule has 0 spiro atoms. The largest absolute Gasteiger partial charge is 0.395 e. The molecule has 0 aliphatic heterocycles. The quantitative estimate of drug-likeness (QED) is 0.755. The van der Waals surface area contributed by atoms with Gasteiger partial charge in [-0.15, -0.1) is 0 Å². The van der Waals surface area contributed by atoms with E-state index in [0.29, 0.717) is 18.1 Å². The Hall–Kier alpha value is -1.26. The van der Waals surface area contributed by atoms with Crippen molar-refractivity contribution in [1.82, 2.24) is 4.90 Å². The summed E-state index contributed by atoms with van der Waals surface area (Å²) in [5.41, 5.74) is 1.67. The molecule has 2 amide bonds. The number of unbranched alkanes of at least 4 members (excludes halogenated alkanes) is 2. The third kappa shape index (κ3) is 5.39. The zero-order valence-electron chi connectivity index (χ0n) is 12.2. The molecule has 0 radical (unpaired) electrons. The highest BCUT2D eigenvalue weighted by molar-refractivity contribution is 6.30.